The van der Waals surface area contributed by atoms with Gasteiger partial charge in [0.25, 0.3) is 5.91 Å². The van der Waals surface area contributed by atoms with Gasteiger partial charge in [-0.3, -0.25) is 4.79 Å². The lowest BCUT2D eigenvalue weighted by Crippen LogP contribution is -2.22. The molecule has 5 heteroatoms. The summed E-state index contributed by atoms with van der Waals surface area (Å²) in [5, 5.41) is 3.52. The summed E-state index contributed by atoms with van der Waals surface area (Å²) in [6.07, 6.45) is 0. The molecule has 3 rings (SSSR count). The zero-order chi connectivity index (χ0) is 17.1. The highest BCUT2D eigenvalue weighted by molar-refractivity contribution is 6.05. The van der Waals surface area contributed by atoms with Crippen LogP contribution < -0.4 is 10.9 Å². The number of nitrogens with zero attached hydrogens (tertiary/aromatic N) is 1. The van der Waals surface area contributed by atoms with E-state index in [9.17, 15) is 9.59 Å². The Balaban J connectivity index is 1.93. The molecule has 3 aromatic rings. The minimum Gasteiger partial charge on any atom is -0.422 e. The second-order valence-electron chi connectivity index (χ2n) is 5.83. The predicted octanol–water partition coefficient (Wildman–Crippen LogP) is 3.11. The molecule has 0 spiro atoms. The minimum atomic E-state index is -0.642. The first-order chi connectivity index (χ1) is 11.5. The first-order valence-electron chi connectivity index (χ1n) is 7.61. The van der Waals surface area contributed by atoms with Gasteiger partial charge in [0.15, 0.2) is 0 Å². The number of benzene rings is 2. The molecule has 1 N–H and O–H groups in total. The molecule has 0 fully saturated rings. The molecule has 122 valence electrons. The normalized spacial score (nSPS) is 11.0. The third-order valence-corrected chi connectivity index (χ3v) is 3.64. The van der Waals surface area contributed by atoms with Crippen molar-refractivity contribution >= 4 is 22.6 Å². The van der Waals surface area contributed by atoms with Gasteiger partial charge in [-0.1, -0.05) is 36.4 Å². The lowest BCUT2D eigenvalue weighted by molar-refractivity contribution is 0.102. The van der Waals surface area contributed by atoms with E-state index < -0.39 is 11.5 Å². The van der Waals surface area contributed by atoms with Gasteiger partial charge in [-0.15, -0.1) is 0 Å². The average molecular weight is 322 g/mol. The van der Waals surface area contributed by atoms with Crippen LogP contribution in [-0.2, 0) is 6.54 Å². The molecular formula is C19H18N2O3. The Morgan fingerprint density at radius 1 is 1.08 bits per heavy atom. The quantitative estimate of drug-likeness (QED) is 0.750. The van der Waals surface area contributed by atoms with Crippen LogP contribution in [0.25, 0.3) is 11.0 Å². The standard InChI is InChI=1S/C19H18N2O3/c1-21(2)12-14-8-3-5-9-16(14)20-18(22)15-11-13-7-4-6-10-17(13)24-19(15)23/h3-11H,12H2,1-2H3,(H,20,22). The van der Waals surface area contributed by atoms with E-state index in [0.29, 0.717) is 23.2 Å². The van der Waals surface area contributed by atoms with E-state index in [2.05, 4.69) is 5.32 Å². The van der Waals surface area contributed by atoms with Crippen LogP contribution in [0.15, 0.2) is 63.8 Å². The maximum Gasteiger partial charge on any atom is 0.349 e. The van der Waals surface area contributed by atoms with Gasteiger partial charge in [0.2, 0.25) is 0 Å². The number of hydrogen-bond donors (Lipinski definition) is 1. The molecule has 0 aliphatic heterocycles. The van der Waals surface area contributed by atoms with Gasteiger partial charge in [0.1, 0.15) is 11.1 Å². The van der Waals surface area contributed by atoms with Crippen molar-refractivity contribution in [2.45, 2.75) is 6.54 Å². The molecule has 1 heterocycles. The van der Waals surface area contributed by atoms with Crippen LogP contribution in [0, 0.1) is 0 Å². The molecule has 1 amide bonds. The van der Waals surface area contributed by atoms with Crippen molar-refractivity contribution in [3.8, 4) is 0 Å². The molecule has 5 nitrogen and oxygen atoms in total. The Morgan fingerprint density at radius 3 is 2.58 bits per heavy atom. The number of fused-ring (bicyclic) bond motifs is 1. The highest BCUT2D eigenvalue weighted by atomic mass is 16.4. The second-order valence-corrected chi connectivity index (χ2v) is 5.83. The molecular weight excluding hydrogens is 304 g/mol. The summed E-state index contributed by atoms with van der Waals surface area (Å²) in [5.41, 5.74) is 1.47. The number of anilines is 1. The lowest BCUT2D eigenvalue weighted by atomic mass is 10.1. The Bertz CT molecular complexity index is 944. The van der Waals surface area contributed by atoms with Crippen LogP contribution in [0.2, 0.25) is 0 Å². The fraction of sp³-hybridized carbons (Fsp3) is 0.158. The van der Waals surface area contributed by atoms with Crippen LogP contribution in [0.4, 0.5) is 5.69 Å². The van der Waals surface area contributed by atoms with Gasteiger partial charge in [-0.2, -0.15) is 0 Å². The Hall–Kier alpha value is -2.92. The minimum absolute atomic E-state index is 0.00615. The van der Waals surface area contributed by atoms with Crippen molar-refractivity contribution in [3.63, 3.8) is 0 Å². The number of rotatable bonds is 4. The average Bonchev–Trinajstić information content (AvgIpc) is 2.55. The zero-order valence-corrected chi connectivity index (χ0v) is 13.6. The van der Waals surface area contributed by atoms with E-state index in [-0.39, 0.29) is 5.56 Å². The summed E-state index contributed by atoms with van der Waals surface area (Å²) in [6, 6.07) is 16.2. The van der Waals surface area contributed by atoms with E-state index in [1.807, 2.05) is 49.3 Å². The lowest BCUT2D eigenvalue weighted by Gasteiger charge is -2.14. The van der Waals surface area contributed by atoms with E-state index in [1.165, 1.54) is 0 Å². The topological polar surface area (TPSA) is 62.6 Å². The molecule has 0 radical (unpaired) electrons. The van der Waals surface area contributed by atoms with Crippen LogP contribution >= 0.6 is 0 Å². The molecule has 0 aliphatic rings. The summed E-state index contributed by atoms with van der Waals surface area (Å²) in [4.78, 5) is 26.6. The largest absolute Gasteiger partial charge is 0.422 e. The van der Waals surface area contributed by atoms with Gasteiger partial charge >= 0.3 is 5.63 Å². The van der Waals surface area contributed by atoms with Gasteiger partial charge in [-0.25, -0.2) is 4.79 Å². The van der Waals surface area contributed by atoms with Crippen LogP contribution in [0.5, 0.6) is 0 Å². The summed E-state index contributed by atoms with van der Waals surface area (Å²) >= 11 is 0. The first kappa shape index (κ1) is 16.0. The van der Waals surface area contributed by atoms with Crippen molar-refractivity contribution in [3.05, 3.63) is 76.1 Å². The van der Waals surface area contributed by atoms with Crippen molar-refractivity contribution in [1.29, 1.82) is 0 Å². The van der Waals surface area contributed by atoms with Crippen molar-refractivity contribution < 1.29 is 9.21 Å². The summed E-state index contributed by atoms with van der Waals surface area (Å²) in [7, 11) is 3.91. The number of carbonyl (C=O) groups is 1. The maximum atomic E-state index is 12.5. The van der Waals surface area contributed by atoms with Gasteiger partial charge in [0, 0.05) is 17.6 Å². The second kappa shape index (κ2) is 6.68. The number of hydrogen-bond acceptors (Lipinski definition) is 4. The number of nitrogens with one attached hydrogen (secondary N) is 1. The maximum absolute atomic E-state index is 12.5. The molecule has 0 saturated heterocycles. The molecule has 24 heavy (non-hydrogen) atoms. The fourth-order valence-corrected chi connectivity index (χ4v) is 2.53. The smallest absolute Gasteiger partial charge is 0.349 e. The molecule has 0 atom stereocenters. The van der Waals surface area contributed by atoms with E-state index >= 15 is 0 Å². The number of para-hydroxylation sites is 2. The van der Waals surface area contributed by atoms with Crippen LogP contribution in [-0.4, -0.2) is 24.9 Å². The Morgan fingerprint density at radius 2 is 1.79 bits per heavy atom. The summed E-state index contributed by atoms with van der Waals surface area (Å²) < 4.78 is 5.22. The zero-order valence-electron chi connectivity index (χ0n) is 13.6. The van der Waals surface area contributed by atoms with Crippen molar-refractivity contribution in [1.82, 2.24) is 4.90 Å². The summed E-state index contributed by atoms with van der Waals surface area (Å²) in [5.74, 6) is -0.472. The van der Waals surface area contributed by atoms with Crippen LogP contribution in [0.3, 0.4) is 0 Å². The fourth-order valence-electron chi connectivity index (χ4n) is 2.53. The highest BCUT2D eigenvalue weighted by Crippen LogP contribution is 2.18. The molecule has 0 aliphatic carbocycles. The van der Waals surface area contributed by atoms with E-state index in [0.717, 1.165) is 5.56 Å². The van der Waals surface area contributed by atoms with Crippen molar-refractivity contribution in [2.24, 2.45) is 0 Å². The van der Waals surface area contributed by atoms with Gasteiger partial charge < -0.3 is 14.6 Å². The third-order valence-electron chi connectivity index (χ3n) is 3.64. The Kier molecular flexibility index (Phi) is 4.44. The Labute approximate surface area is 139 Å². The van der Waals surface area contributed by atoms with Crippen molar-refractivity contribution in [2.75, 3.05) is 19.4 Å². The van der Waals surface area contributed by atoms with Crippen LogP contribution in [0.1, 0.15) is 15.9 Å². The predicted molar refractivity (Wildman–Crippen MR) is 94.3 cm³/mol. The highest BCUT2D eigenvalue weighted by Gasteiger charge is 2.15. The molecule has 0 saturated carbocycles. The molecule has 1 aromatic heterocycles. The SMILES string of the molecule is CN(C)Cc1ccccc1NC(=O)c1cc2ccccc2oc1=O. The monoisotopic (exact) mass is 322 g/mol. The molecule has 2 aromatic carbocycles. The third kappa shape index (κ3) is 3.36. The van der Waals surface area contributed by atoms with Gasteiger partial charge in [-0.05, 0) is 37.9 Å². The first-order valence-corrected chi connectivity index (χ1v) is 7.61. The molecule has 0 bridgehead atoms. The number of amides is 1. The van der Waals surface area contributed by atoms with Gasteiger partial charge in [0.05, 0.1) is 0 Å². The molecule has 0 unspecified atom stereocenters. The summed E-state index contributed by atoms with van der Waals surface area (Å²) in [6.45, 7) is 0.683. The van der Waals surface area contributed by atoms with E-state index in [4.69, 9.17) is 4.42 Å². The van der Waals surface area contributed by atoms with E-state index in [1.54, 1.807) is 24.3 Å². The number of carbonyl (C=O) groups excluding carboxylic acids is 1.